The van der Waals surface area contributed by atoms with Crippen molar-refractivity contribution < 1.29 is 5.11 Å². The molecule has 2 aromatic carbocycles. The Kier molecular flexibility index (Phi) is 4.35. The van der Waals surface area contributed by atoms with Gasteiger partial charge in [0.2, 0.25) is 0 Å². The molecule has 3 rings (SSSR count). The molecule has 0 aliphatic carbocycles. The van der Waals surface area contributed by atoms with Gasteiger partial charge < -0.3 is 10.1 Å². The molecule has 0 aliphatic heterocycles. The highest BCUT2D eigenvalue weighted by atomic mass is 16.3. The smallest absolute Gasteiger partial charge is 0.113 e. The molecule has 0 spiro atoms. The van der Waals surface area contributed by atoms with Gasteiger partial charge in [0.15, 0.2) is 0 Å². The Bertz CT molecular complexity index is 688. The van der Waals surface area contributed by atoms with Crippen LogP contribution in [0.1, 0.15) is 30.7 Å². The molecule has 3 aromatic rings. The number of hydrogen-bond donors (Lipinski definition) is 2. The van der Waals surface area contributed by atoms with E-state index in [0.717, 1.165) is 11.4 Å². The lowest BCUT2D eigenvalue weighted by atomic mass is 9.91. The first kappa shape index (κ1) is 14.5. The molecule has 0 aliphatic rings. The van der Waals surface area contributed by atoms with Gasteiger partial charge in [-0.15, -0.1) is 0 Å². The van der Waals surface area contributed by atoms with Crippen LogP contribution in [-0.2, 0) is 0 Å². The Morgan fingerprint density at radius 1 is 1.00 bits per heavy atom. The molecule has 1 heterocycles. The lowest BCUT2D eigenvalue weighted by molar-refractivity contribution is 0.178. The maximum Gasteiger partial charge on any atom is 0.113 e. The number of nitrogens with one attached hydrogen (secondary N) is 1. The van der Waals surface area contributed by atoms with Crippen LogP contribution in [0.25, 0.3) is 11.1 Å². The van der Waals surface area contributed by atoms with Gasteiger partial charge in [-0.05, 0) is 30.0 Å². The van der Waals surface area contributed by atoms with Crippen LogP contribution in [0.5, 0.6) is 0 Å². The summed E-state index contributed by atoms with van der Waals surface area (Å²) >= 11 is 0. The summed E-state index contributed by atoms with van der Waals surface area (Å²) in [4.78, 5) is 7.53. The molecule has 3 nitrogen and oxygen atoms in total. The van der Waals surface area contributed by atoms with Gasteiger partial charge in [0.25, 0.3) is 0 Å². The first-order valence-corrected chi connectivity index (χ1v) is 7.57. The molecule has 2 N–H and O–H groups in total. The molecular weight excluding hydrogens is 272 g/mol. The van der Waals surface area contributed by atoms with Gasteiger partial charge in [-0.3, -0.25) is 0 Å². The number of aromatic amines is 1. The highest BCUT2D eigenvalue weighted by Gasteiger charge is 2.18. The summed E-state index contributed by atoms with van der Waals surface area (Å²) in [5.41, 5.74) is 3.56. The first-order valence-electron chi connectivity index (χ1n) is 7.57. The molecule has 1 aromatic heterocycles. The second-order valence-electron chi connectivity index (χ2n) is 5.60. The van der Waals surface area contributed by atoms with Gasteiger partial charge in [-0.2, -0.15) is 0 Å². The topological polar surface area (TPSA) is 48.9 Å². The Morgan fingerprint density at radius 3 is 2.27 bits per heavy atom. The molecule has 3 heteroatoms. The van der Waals surface area contributed by atoms with E-state index in [0.29, 0.717) is 6.42 Å². The maximum atomic E-state index is 9.77. The lowest BCUT2D eigenvalue weighted by Gasteiger charge is -2.17. The molecule has 2 atom stereocenters. The van der Waals surface area contributed by atoms with Gasteiger partial charge in [0.05, 0.1) is 6.10 Å². The third kappa shape index (κ3) is 3.26. The summed E-state index contributed by atoms with van der Waals surface area (Å²) in [7, 11) is 0. The minimum absolute atomic E-state index is 0.0832. The van der Waals surface area contributed by atoms with Crippen molar-refractivity contribution in [2.75, 3.05) is 0 Å². The molecule has 0 fully saturated rings. The molecule has 0 bridgehead atoms. The standard InChI is InChI=1S/C19H20N2O/c1-14(22)13-18(19-20-11-12-21-19)17-9-7-16(8-10-17)15-5-3-2-4-6-15/h2-12,14,18,22H,13H2,1H3,(H,20,21). The fourth-order valence-electron chi connectivity index (χ4n) is 2.75. The van der Waals surface area contributed by atoms with Crippen molar-refractivity contribution in [2.24, 2.45) is 0 Å². The van der Waals surface area contributed by atoms with E-state index >= 15 is 0 Å². The second kappa shape index (κ2) is 6.58. The zero-order valence-electron chi connectivity index (χ0n) is 12.6. The van der Waals surface area contributed by atoms with Gasteiger partial charge in [0, 0.05) is 18.3 Å². The van der Waals surface area contributed by atoms with E-state index < -0.39 is 0 Å². The van der Waals surface area contributed by atoms with Crippen LogP contribution in [0, 0.1) is 0 Å². The van der Waals surface area contributed by atoms with Crippen LogP contribution in [0.15, 0.2) is 67.0 Å². The summed E-state index contributed by atoms with van der Waals surface area (Å²) in [5, 5.41) is 9.77. The largest absolute Gasteiger partial charge is 0.393 e. The Morgan fingerprint density at radius 2 is 1.68 bits per heavy atom. The summed E-state index contributed by atoms with van der Waals surface area (Å²) in [6.45, 7) is 1.81. The van der Waals surface area contributed by atoms with Crippen molar-refractivity contribution in [1.82, 2.24) is 9.97 Å². The highest BCUT2D eigenvalue weighted by Crippen LogP contribution is 2.29. The second-order valence-corrected chi connectivity index (χ2v) is 5.60. The molecule has 0 saturated heterocycles. The van der Waals surface area contributed by atoms with Crippen molar-refractivity contribution in [1.29, 1.82) is 0 Å². The van der Waals surface area contributed by atoms with Crippen LogP contribution < -0.4 is 0 Å². The van der Waals surface area contributed by atoms with Gasteiger partial charge in [-0.1, -0.05) is 54.6 Å². The molecule has 22 heavy (non-hydrogen) atoms. The number of imidazole rings is 1. The predicted molar refractivity (Wildman–Crippen MR) is 88.6 cm³/mol. The van der Waals surface area contributed by atoms with Crippen LogP contribution >= 0.6 is 0 Å². The van der Waals surface area contributed by atoms with Crippen molar-refractivity contribution in [3.05, 3.63) is 78.4 Å². The number of aliphatic hydroxyl groups is 1. The van der Waals surface area contributed by atoms with Crippen molar-refractivity contribution in [3.8, 4) is 11.1 Å². The Hall–Kier alpha value is -2.39. The van der Waals surface area contributed by atoms with Crippen LogP contribution in [0.4, 0.5) is 0 Å². The van der Waals surface area contributed by atoms with Gasteiger partial charge in [-0.25, -0.2) is 4.98 Å². The van der Waals surface area contributed by atoms with Crippen molar-refractivity contribution >= 4 is 0 Å². The monoisotopic (exact) mass is 292 g/mol. The van der Waals surface area contributed by atoms with Gasteiger partial charge >= 0.3 is 0 Å². The number of aromatic nitrogens is 2. The zero-order chi connectivity index (χ0) is 15.4. The number of aliphatic hydroxyl groups excluding tert-OH is 1. The molecule has 0 radical (unpaired) electrons. The SMILES string of the molecule is CC(O)CC(c1ccc(-c2ccccc2)cc1)c1ncc[nH]1. The summed E-state index contributed by atoms with van der Waals surface area (Å²) < 4.78 is 0. The van der Waals surface area contributed by atoms with E-state index in [1.165, 1.54) is 11.1 Å². The van der Waals surface area contributed by atoms with Crippen LogP contribution in [-0.4, -0.2) is 21.2 Å². The Labute approximate surface area is 130 Å². The minimum Gasteiger partial charge on any atom is -0.393 e. The lowest BCUT2D eigenvalue weighted by Crippen LogP contribution is -2.11. The maximum absolute atomic E-state index is 9.77. The number of hydrogen-bond acceptors (Lipinski definition) is 2. The van der Waals surface area contributed by atoms with E-state index in [-0.39, 0.29) is 12.0 Å². The number of benzene rings is 2. The summed E-state index contributed by atoms with van der Waals surface area (Å²) in [5.74, 6) is 0.980. The van der Waals surface area contributed by atoms with Crippen LogP contribution in [0.2, 0.25) is 0 Å². The number of rotatable bonds is 5. The molecule has 0 amide bonds. The van der Waals surface area contributed by atoms with E-state index in [1.54, 1.807) is 6.20 Å². The highest BCUT2D eigenvalue weighted by molar-refractivity contribution is 5.63. The van der Waals surface area contributed by atoms with E-state index in [1.807, 2.05) is 31.3 Å². The summed E-state index contributed by atoms with van der Waals surface area (Å²) in [6.07, 6.45) is 3.85. The normalized spacial score (nSPS) is 13.7. The fourth-order valence-corrected chi connectivity index (χ4v) is 2.75. The van der Waals surface area contributed by atoms with Gasteiger partial charge in [0.1, 0.15) is 5.82 Å². The third-order valence-electron chi connectivity index (χ3n) is 3.85. The fraction of sp³-hybridized carbons (Fsp3) is 0.211. The zero-order valence-corrected chi connectivity index (χ0v) is 12.6. The number of nitrogens with zero attached hydrogens (tertiary/aromatic N) is 1. The van der Waals surface area contributed by atoms with Crippen molar-refractivity contribution in [2.45, 2.75) is 25.4 Å². The average Bonchev–Trinajstić information content (AvgIpc) is 3.08. The van der Waals surface area contributed by atoms with E-state index in [2.05, 4.69) is 46.4 Å². The van der Waals surface area contributed by atoms with Crippen molar-refractivity contribution in [3.63, 3.8) is 0 Å². The van der Waals surface area contributed by atoms with E-state index in [4.69, 9.17) is 0 Å². The molecule has 2 unspecified atom stereocenters. The average molecular weight is 292 g/mol. The molecule has 0 saturated carbocycles. The van der Waals surface area contributed by atoms with Crippen LogP contribution in [0.3, 0.4) is 0 Å². The quantitative estimate of drug-likeness (QED) is 0.747. The molecular formula is C19H20N2O. The molecule has 112 valence electrons. The first-order chi connectivity index (χ1) is 10.7. The minimum atomic E-state index is -0.371. The predicted octanol–water partition coefficient (Wildman–Crippen LogP) is 3.98. The summed E-state index contributed by atoms with van der Waals surface area (Å²) in [6, 6.07) is 18.8. The Balaban J connectivity index is 1.89. The van der Waals surface area contributed by atoms with E-state index in [9.17, 15) is 5.11 Å². The third-order valence-corrected chi connectivity index (χ3v) is 3.85. The number of H-pyrrole nitrogens is 1.